The van der Waals surface area contributed by atoms with E-state index in [9.17, 15) is 4.57 Å². The molecular formula is C21H28BrN4O3P. The molecule has 0 radical (unpaired) electrons. The fraction of sp³-hybridized carbons (Fsp3) is 0.524. The van der Waals surface area contributed by atoms with Gasteiger partial charge in [0, 0.05) is 32.6 Å². The Labute approximate surface area is 189 Å². The normalized spacial score (nSPS) is 18.0. The minimum atomic E-state index is -3.10. The first kappa shape index (κ1) is 18.1. The molecule has 1 aliphatic rings. The Morgan fingerprint density at radius 2 is 2.00 bits per heavy atom. The fourth-order valence-electron chi connectivity index (χ4n) is 4.12. The predicted octanol–water partition coefficient (Wildman–Crippen LogP) is 5.66. The zero-order valence-electron chi connectivity index (χ0n) is 20.2. The van der Waals surface area contributed by atoms with Gasteiger partial charge in [0.25, 0.3) is 0 Å². The SMILES string of the molecule is [2H]C([2H])([2H])c1nc(N2CCC(CP(=O)(OCC)OCC)CC2)c2[nH]c3ccc(Br)cc3c2n1. The maximum absolute atomic E-state index is 12.9. The Morgan fingerprint density at radius 1 is 1.27 bits per heavy atom. The number of H-pyrrole nitrogens is 1. The van der Waals surface area contributed by atoms with Crippen LogP contribution in [0, 0.1) is 12.8 Å². The van der Waals surface area contributed by atoms with Crippen molar-refractivity contribution in [2.75, 3.05) is 37.4 Å². The lowest BCUT2D eigenvalue weighted by atomic mass is 9.99. The minimum absolute atomic E-state index is 0.162. The van der Waals surface area contributed by atoms with Crippen LogP contribution >= 0.6 is 23.5 Å². The molecule has 1 fully saturated rings. The van der Waals surface area contributed by atoms with Crippen LogP contribution in [-0.4, -0.2) is 47.4 Å². The van der Waals surface area contributed by atoms with E-state index in [1.54, 1.807) is 0 Å². The van der Waals surface area contributed by atoms with E-state index in [-0.39, 0.29) is 11.7 Å². The summed E-state index contributed by atoms with van der Waals surface area (Å²) in [5.41, 5.74) is 2.20. The molecule has 3 heterocycles. The van der Waals surface area contributed by atoms with Crippen LogP contribution in [0.25, 0.3) is 21.9 Å². The molecule has 2 aromatic heterocycles. The molecular weight excluding hydrogens is 467 g/mol. The van der Waals surface area contributed by atoms with Gasteiger partial charge in [-0.2, -0.15) is 0 Å². The van der Waals surface area contributed by atoms with E-state index < -0.39 is 14.4 Å². The second kappa shape index (κ2) is 8.95. The summed E-state index contributed by atoms with van der Waals surface area (Å²) in [6.07, 6.45) is 1.96. The van der Waals surface area contributed by atoms with Crippen molar-refractivity contribution < 1.29 is 17.7 Å². The van der Waals surface area contributed by atoms with Gasteiger partial charge in [-0.1, -0.05) is 15.9 Å². The van der Waals surface area contributed by atoms with E-state index in [0.29, 0.717) is 43.8 Å². The highest BCUT2D eigenvalue weighted by Crippen LogP contribution is 2.51. The second-order valence-corrected chi connectivity index (χ2v) is 10.5. The topological polar surface area (TPSA) is 80.3 Å². The van der Waals surface area contributed by atoms with E-state index in [0.717, 1.165) is 33.7 Å². The largest absolute Gasteiger partial charge is 0.355 e. The zero-order chi connectivity index (χ0) is 23.8. The number of benzene rings is 1. The molecule has 1 aliphatic heterocycles. The Balaban J connectivity index is 1.65. The number of aromatic amines is 1. The molecule has 3 aromatic rings. The zero-order valence-corrected chi connectivity index (χ0v) is 19.6. The number of nitrogens with zero attached hydrogens (tertiary/aromatic N) is 3. The Kier molecular flexibility index (Phi) is 5.41. The summed E-state index contributed by atoms with van der Waals surface area (Å²) in [6.45, 7) is 3.24. The summed E-state index contributed by atoms with van der Waals surface area (Å²) >= 11 is 3.49. The first-order chi connectivity index (χ1) is 15.6. The Bertz CT molecular complexity index is 1180. The van der Waals surface area contributed by atoms with Crippen molar-refractivity contribution in [3.8, 4) is 0 Å². The quantitative estimate of drug-likeness (QED) is 0.423. The molecule has 0 bridgehead atoms. The van der Waals surface area contributed by atoms with Crippen LogP contribution in [0.4, 0.5) is 5.82 Å². The molecule has 30 heavy (non-hydrogen) atoms. The fourth-order valence-corrected chi connectivity index (χ4v) is 6.55. The van der Waals surface area contributed by atoms with E-state index in [2.05, 4.69) is 35.8 Å². The Hall–Kier alpha value is -1.47. The van der Waals surface area contributed by atoms with Gasteiger partial charge >= 0.3 is 7.60 Å². The van der Waals surface area contributed by atoms with Gasteiger partial charge in [0.05, 0.1) is 19.4 Å². The maximum atomic E-state index is 12.9. The van der Waals surface area contributed by atoms with Crippen molar-refractivity contribution in [2.45, 2.75) is 33.5 Å². The summed E-state index contributed by atoms with van der Waals surface area (Å²) < 4.78 is 48.4. The summed E-state index contributed by atoms with van der Waals surface area (Å²) in [5.74, 6) is 0.628. The monoisotopic (exact) mass is 497 g/mol. The third kappa shape index (κ3) is 4.42. The van der Waals surface area contributed by atoms with Gasteiger partial charge < -0.3 is 18.9 Å². The van der Waals surface area contributed by atoms with Crippen LogP contribution < -0.4 is 4.90 Å². The van der Waals surface area contributed by atoms with Gasteiger partial charge in [-0.25, -0.2) is 9.97 Å². The number of nitrogens with one attached hydrogen (secondary N) is 1. The molecule has 0 aliphatic carbocycles. The van der Waals surface area contributed by atoms with Crippen LogP contribution in [0.3, 0.4) is 0 Å². The van der Waals surface area contributed by atoms with Crippen molar-refractivity contribution in [3.05, 3.63) is 28.5 Å². The third-order valence-corrected chi connectivity index (χ3v) is 8.19. The molecule has 0 amide bonds. The van der Waals surface area contributed by atoms with Gasteiger partial charge in [0.15, 0.2) is 5.82 Å². The molecule has 4 rings (SSSR count). The van der Waals surface area contributed by atoms with Crippen molar-refractivity contribution in [2.24, 2.45) is 5.92 Å². The number of piperidine rings is 1. The van der Waals surface area contributed by atoms with Gasteiger partial charge in [-0.3, -0.25) is 4.57 Å². The predicted molar refractivity (Wildman–Crippen MR) is 124 cm³/mol. The van der Waals surface area contributed by atoms with Crippen molar-refractivity contribution in [3.63, 3.8) is 0 Å². The second-order valence-electron chi connectivity index (χ2n) is 7.47. The molecule has 1 N–H and O–H groups in total. The number of hydrogen-bond acceptors (Lipinski definition) is 6. The molecule has 1 aromatic carbocycles. The number of hydrogen-bond donors (Lipinski definition) is 1. The highest BCUT2D eigenvalue weighted by Gasteiger charge is 2.31. The maximum Gasteiger partial charge on any atom is 0.330 e. The van der Waals surface area contributed by atoms with Crippen LogP contribution in [0.1, 0.15) is 36.6 Å². The van der Waals surface area contributed by atoms with Gasteiger partial charge in [0.1, 0.15) is 16.9 Å². The molecule has 162 valence electrons. The first-order valence-corrected chi connectivity index (χ1v) is 12.8. The van der Waals surface area contributed by atoms with E-state index in [1.807, 2.05) is 32.0 Å². The van der Waals surface area contributed by atoms with E-state index in [1.165, 1.54) is 0 Å². The number of fused-ring (bicyclic) bond motifs is 3. The van der Waals surface area contributed by atoms with E-state index >= 15 is 0 Å². The number of aromatic nitrogens is 3. The number of aryl methyl sites for hydroxylation is 1. The average molecular weight is 498 g/mol. The van der Waals surface area contributed by atoms with Crippen LogP contribution in [0.2, 0.25) is 0 Å². The number of anilines is 1. The van der Waals surface area contributed by atoms with E-state index in [4.69, 9.17) is 13.2 Å². The minimum Gasteiger partial charge on any atom is -0.355 e. The molecule has 7 nitrogen and oxygen atoms in total. The molecule has 0 atom stereocenters. The smallest absolute Gasteiger partial charge is 0.330 e. The molecule has 1 saturated heterocycles. The van der Waals surface area contributed by atoms with Gasteiger partial charge in [-0.05, 0) is 57.7 Å². The van der Waals surface area contributed by atoms with Crippen LogP contribution in [0.5, 0.6) is 0 Å². The van der Waals surface area contributed by atoms with Gasteiger partial charge in [-0.15, -0.1) is 0 Å². The number of halogens is 1. The first-order valence-electron chi connectivity index (χ1n) is 11.8. The average Bonchev–Trinajstić information content (AvgIpc) is 3.11. The summed E-state index contributed by atoms with van der Waals surface area (Å²) in [5, 5.41) is 0.845. The van der Waals surface area contributed by atoms with Crippen LogP contribution in [-0.2, 0) is 13.6 Å². The van der Waals surface area contributed by atoms with Crippen molar-refractivity contribution in [1.82, 2.24) is 15.0 Å². The molecule has 0 spiro atoms. The number of rotatable bonds is 7. The van der Waals surface area contributed by atoms with Crippen molar-refractivity contribution in [1.29, 1.82) is 0 Å². The summed E-state index contributed by atoms with van der Waals surface area (Å²) in [6, 6.07) is 5.79. The Morgan fingerprint density at radius 3 is 2.67 bits per heavy atom. The lowest BCUT2D eigenvalue weighted by Crippen LogP contribution is -2.35. The molecule has 0 unspecified atom stereocenters. The summed E-state index contributed by atoms with van der Waals surface area (Å²) in [7, 11) is -3.10. The summed E-state index contributed by atoms with van der Waals surface area (Å²) in [4.78, 5) is 14.4. The van der Waals surface area contributed by atoms with Crippen LogP contribution in [0.15, 0.2) is 22.7 Å². The third-order valence-electron chi connectivity index (χ3n) is 5.43. The lowest BCUT2D eigenvalue weighted by Gasteiger charge is -2.34. The van der Waals surface area contributed by atoms with Gasteiger partial charge in [0.2, 0.25) is 0 Å². The lowest BCUT2D eigenvalue weighted by molar-refractivity contribution is 0.213. The highest BCUT2D eigenvalue weighted by atomic mass is 79.9. The van der Waals surface area contributed by atoms with Crippen molar-refractivity contribution >= 4 is 51.3 Å². The standard InChI is InChI=1S/C21H28BrN4O3P/c1-4-28-30(27,29-5-2)13-15-8-10-26(11-9-15)21-20-19(23-14(3)24-21)17-12-16(22)6-7-18(17)25-20/h6-7,12,15,25H,4-5,8-11,13H2,1-3H3/i3D3. The molecule has 0 saturated carbocycles. The highest BCUT2D eigenvalue weighted by molar-refractivity contribution is 9.10. The molecule has 9 heteroatoms.